The lowest BCUT2D eigenvalue weighted by Crippen LogP contribution is -2.73. The molecule has 0 unspecified atom stereocenters. The van der Waals surface area contributed by atoms with Gasteiger partial charge in [-0.1, -0.05) is 60.6 Å². The molecular formula is C44H71Cl2N15O4S2+4. The van der Waals surface area contributed by atoms with Crippen LogP contribution >= 0.6 is 46.7 Å². The zero-order chi connectivity index (χ0) is 48.6. The molecule has 368 valence electrons. The predicted octanol–water partition coefficient (Wildman–Crippen LogP) is 4.61. The first-order chi connectivity index (χ1) is 32.2. The molecule has 0 bridgehead atoms. The van der Waals surface area contributed by atoms with E-state index >= 15 is 0 Å². The Hall–Kier alpha value is -3.70. The smallest absolute Gasteiger partial charge is 0.353 e. The largest absolute Gasteiger partial charge is 0.362 e. The highest BCUT2D eigenvalue weighted by atomic mass is 35.5. The second-order valence-electron chi connectivity index (χ2n) is 18.3. The molecule has 0 N–H and O–H groups in total. The molecular weight excluding hydrogens is 938 g/mol. The van der Waals surface area contributed by atoms with Gasteiger partial charge in [-0.25, -0.2) is 29.9 Å². The number of carbonyl (C=O) groups excluding carboxylic acids is 2. The van der Waals surface area contributed by atoms with E-state index in [1.165, 1.54) is 73.6 Å². The second kappa shape index (κ2) is 22.8. The number of thioether (sulfide) groups is 2. The summed E-state index contributed by atoms with van der Waals surface area (Å²) in [5.41, 5.74) is 0.769. The third kappa shape index (κ3) is 11.5. The first-order valence-corrected chi connectivity index (χ1v) is 26.9. The number of aromatic nitrogens is 6. The van der Waals surface area contributed by atoms with Crippen molar-refractivity contribution in [2.75, 3.05) is 190 Å². The van der Waals surface area contributed by atoms with E-state index < -0.39 is 0 Å². The van der Waals surface area contributed by atoms with E-state index in [1.807, 2.05) is 26.4 Å². The van der Waals surface area contributed by atoms with Crippen molar-refractivity contribution in [1.82, 2.24) is 29.9 Å². The van der Waals surface area contributed by atoms with Gasteiger partial charge in [0, 0.05) is 14.1 Å². The van der Waals surface area contributed by atoms with Crippen LogP contribution in [0.2, 0.25) is 10.3 Å². The van der Waals surface area contributed by atoms with Gasteiger partial charge in [0.25, 0.3) is 0 Å². The summed E-state index contributed by atoms with van der Waals surface area (Å²) in [4.78, 5) is 69.3. The lowest BCUT2D eigenvalue weighted by atomic mass is 10.1. The van der Waals surface area contributed by atoms with Crippen molar-refractivity contribution >= 4 is 88.3 Å². The fraction of sp³-hybridized carbons (Fsp3) is 0.682. The van der Waals surface area contributed by atoms with Crippen LogP contribution in [-0.2, 0) is 0 Å². The Kier molecular flexibility index (Phi) is 17.9. The van der Waals surface area contributed by atoms with Gasteiger partial charge in [-0.3, -0.25) is 19.7 Å². The third-order valence-corrected chi connectivity index (χ3v) is 16.9. The predicted molar refractivity (Wildman–Crippen MR) is 270 cm³/mol. The maximum Gasteiger partial charge on any atom is 0.353 e. The Labute approximate surface area is 414 Å². The zero-order valence-corrected chi connectivity index (χ0v) is 43.8. The van der Waals surface area contributed by atoms with Crippen LogP contribution in [0.1, 0.15) is 48.4 Å². The minimum atomic E-state index is -0.248. The number of rotatable bonds is 11. The van der Waals surface area contributed by atoms with E-state index in [0.29, 0.717) is 51.0 Å². The van der Waals surface area contributed by atoms with Crippen LogP contribution in [-0.4, -0.2) is 236 Å². The maximum absolute atomic E-state index is 12.7. The SMILES string of the molecule is CC.CC[N+]1(CC)CC[N+]2(CCN(c3ncnc(N4CC[N+]5(CC4)CC[N+]4(CCN(c6nc(SC)nc(Cl)c6C=O)CC4)CC5)c3[N+](=O)[O-])CC2)CC1.CSc1nc(Cl)c(C=O)c(N(C)C)n1. The third-order valence-electron chi connectivity index (χ3n) is 15.2. The van der Waals surface area contributed by atoms with Crippen molar-refractivity contribution in [3.8, 4) is 0 Å². The molecule has 8 rings (SSSR count). The number of halogens is 2. The summed E-state index contributed by atoms with van der Waals surface area (Å²) in [6, 6.07) is 0. The molecule has 67 heavy (non-hydrogen) atoms. The monoisotopic (exact) mass is 1010 g/mol. The lowest BCUT2D eigenvalue weighted by Gasteiger charge is -2.54. The minimum absolute atomic E-state index is 0.0686. The summed E-state index contributed by atoms with van der Waals surface area (Å²) in [5.74, 6) is 2.15. The van der Waals surface area contributed by atoms with E-state index in [-0.39, 0.29) is 20.9 Å². The van der Waals surface area contributed by atoms with Crippen molar-refractivity contribution in [2.45, 2.75) is 38.0 Å². The van der Waals surface area contributed by atoms with Gasteiger partial charge >= 0.3 is 5.69 Å². The molecule has 0 atom stereocenters. The molecule has 0 aromatic carbocycles. The van der Waals surface area contributed by atoms with E-state index in [9.17, 15) is 19.7 Å². The van der Waals surface area contributed by atoms with Gasteiger partial charge in [-0.15, -0.1) is 0 Å². The number of hydrogen-bond donors (Lipinski definition) is 0. The number of quaternary nitrogens is 4. The number of hydrogen-bond acceptors (Lipinski definition) is 16. The number of nitro groups is 1. The maximum atomic E-state index is 12.7. The van der Waals surface area contributed by atoms with E-state index in [4.69, 9.17) is 23.2 Å². The zero-order valence-electron chi connectivity index (χ0n) is 40.7. The molecule has 3 spiro atoms. The average Bonchev–Trinajstić information content (AvgIpc) is 3.36. The van der Waals surface area contributed by atoms with Crippen LogP contribution in [0.5, 0.6) is 0 Å². The number of piperazine rings is 5. The molecule has 23 heteroatoms. The van der Waals surface area contributed by atoms with E-state index in [1.54, 1.807) is 19.0 Å². The molecule has 19 nitrogen and oxygen atoms in total. The van der Waals surface area contributed by atoms with Crippen LogP contribution in [0.4, 0.5) is 29.0 Å². The van der Waals surface area contributed by atoms with Gasteiger partial charge in [-0.05, 0) is 26.4 Å². The average molecular weight is 1010 g/mol. The molecule has 0 amide bonds. The molecule has 0 radical (unpaired) electrons. The molecule has 5 fully saturated rings. The number of carbonyl (C=O) groups is 2. The highest BCUT2D eigenvalue weighted by Gasteiger charge is 2.47. The molecule has 3 aromatic rings. The Morgan fingerprint density at radius 2 is 1.00 bits per heavy atom. The molecule has 5 aliphatic rings. The Morgan fingerprint density at radius 3 is 1.36 bits per heavy atom. The van der Waals surface area contributed by atoms with Crippen LogP contribution in [0.25, 0.3) is 0 Å². The molecule has 5 aliphatic heterocycles. The van der Waals surface area contributed by atoms with Crippen molar-refractivity contribution in [3.05, 3.63) is 37.9 Å². The fourth-order valence-corrected chi connectivity index (χ4v) is 11.7. The Balaban J connectivity index is 0.000000395. The highest BCUT2D eigenvalue weighted by molar-refractivity contribution is 7.98. The van der Waals surface area contributed by atoms with Crippen LogP contribution in [0.15, 0.2) is 16.6 Å². The van der Waals surface area contributed by atoms with Crippen molar-refractivity contribution < 1.29 is 32.4 Å². The first-order valence-electron chi connectivity index (χ1n) is 23.7. The van der Waals surface area contributed by atoms with Crippen molar-refractivity contribution in [2.24, 2.45) is 0 Å². The molecule has 5 saturated heterocycles. The quantitative estimate of drug-likeness (QED) is 0.0497. The second-order valence-corrected chi connectivity index (χ2v) is 20.6. The Bertz CT molecular complexity index is 2180. The topological polar surface area (TPSA) is 168 Å². The summed E-state index contributed by atoms with van der Waals surface area (Å²) in [6.45, 7) is 31.0. The van der Waals surface area contributed by atoms with Crippen LogP contribution in [0, 0.1) is 10.1 Å². The molecule has 8 heterocycles. The normalized spacial score (nSPS) is 20.4. The van der Waals surface area contributed by atoms with E-state index in [2.05, 4.69) is 58.5 Å². The number of nitrogens with zero attached hydrogens (tertiary/aromatic N) is 15. The number of anilines is 4. The van der Waals surface area contributed by atoms with Gasteiger partial charge in [0.2, 0.25) is 11.6 Å². The van der Waals surface area contributed by atoms with Crippen LogP contribution in [0.3, 0.4) is 0 Å². The summed E-state index contributed by atoms with van der Waals surface area (Å²) in [5, 5.41) is 14.2. The van der Waals surface area contributed by atoms with Crippen LogP contribution < -0.4 is 19.6 Å². The Morgan fingerprint density at radius 1 is 0.627 bits per heavy atom. The minimum Gasteiger partial charge on any atom is -0.362 e. The summed E-state index contributed by atoms with van der Waals surface area (Å²) >= 11 is 15.0. The standard InChI is InChI=1S/C34H55ClN12O3S.C8H10ClN3OS.C2H6/c1-4-44(5-2)18-20-45(21-19-44)14-8-41(9-15-45)32-29(43(49)50)33(37-27-36-32)42-10-16-47(17-11-42)24-22-46(23-25-47)12-6-40(7-13-46)31-28(26-48)30(35)38-34(39-31)51-3;1-12(2)7-5(4-13)6(9)10-8(11-7)14-3;1-2/h26-27H,4-25H2,1-3H3;4H,1-3H3;1-2H3/q+4;;. The number of likely N-dealkylation sites (N-methyl/N-ethyl adjacent to an activating group) is 1. The number of aldehydes is 2. The van der Waals surface area contributed by atoms with Gasteiger partial charge in [-0.2, -0.15) is 0 Å². The first kappa shape index (κ1) is 52.7. The fourth-order valence-electron chi connectivity index (χ4n) is 10.4. The van der Waals surface area contributed by atoms with E-state index in [0.717, 1.165) is 124 Å². The van der Waals surface area contributed by atoms with Gasteiger partial charge in [0.15, 0.2) is 22.9 Å². The molecule has 0 aliphatic carbocycles. The summed E-state index contributed by atoms with van der Waals surface area (Å²) in [7, 11) is 3.60. The summed E-state index contributed by atoms with van der Waals surface area (Å²) < 4.78 is 4.48. The lowest BCUT2D eigenvalue weighted by molar-refractivity contribution is -1.03. The van der Waals surface area contributed by atoms with Gasteiger partial charge in [0.05, 0.1) is 108 Å². The van der Waals surface area contributed by atoms with Gasteiger partial charge < -0.3 is 37.5 Å². The van der Waals surface area contributed by atoms with Crippen molar-refractivity contribution in [3.63, 3.8) is 0 Å². The molecule has 0 saturated carbocycles. The molecule has 3 aromatic heterocycles. The summed E-state index contributed by atoms with van der Waals surface area (Å²) in [6.07, 6.45) is 6.74. The highest BCUT2D eigenvalue weighted by Crippen LogP contribution is 2.37. The van der Waals surface area contributed by atoms with Gasteiger partial charge in [0.1, 0.15) is 80.6 Å². The van der Waals surface area contributed by atoms with Crippen molar-refractivity contribution in [1.29, 1.82) is 0 Å².